The first kappa shape index (κ1) is 29.4. The van der Waals surface area contributed by atoms with Crippen molar-refractivity contribution in [3.05, 3.63) is 0 Å². The maximum atomic E-state index is 9.13. The predicted molar refractivity (Wildman–Crippen MR) is 19.5 cm³/mol. The van der Waals surface area contributed by atoms with E-state index in [-0.39, 0.29) is 63.1 Å². The van der Waals surface area contributed by atoms with E-state index in [1.807, 2.05) is 0 Å². The molecule has 0 fully saturated rings. The number of aliphatic carboxylic acids is 1. The van der Waals surface area contributed by atoms with Crippen LogP contribution in [0.2, 0.25) is 0 Å². The summed E-state index contributed by atoms with van der Waals surface area (Å²) in [5.41, 5.74) is 4.51. The fourth-order valence-electron chi connectivity index (χ4n) is 0. The Kier molecular flexibility index (Phi) is 55.2. The molecule has 0 aliphatic rings. The summed E-state index contributed by atoms with van der Waals surface area (Å²) in [5.74, 6) is -1.22. The van der Waals surface area contributed by atoms with Crippen molar-refractivity contribution in [3.8, 4) is 0 Å². The molecular weight excluding hydrogens is 151 g/mol. The van der Waals surface area contributed by atoms with Crippen molar-refractivity contribution in [2.24, 2.45) is 5.73 Å². The summed E-state index contributed by atoms with van der Waals surface area (Å²) in [6, 6.07) is 0. The first-order valence-corrected chi connectivity index (χ1v) is 1.78. The summed E-state index contributed by atoms with van der Waals surface area (Å²) in [5, 5.41) is 25.8. The molecule has 0 amide bonds. The van der Waals surface area contributed by atoms with E-state index in [4.69, 9.17) is 24.9 Å². The predicted octanol–water partition coefficient (Wildman–Crippen LogP) is -13.7. The first-order chi connectivity index (χ1) is 4.00. The van der Waals surface area contributed by atoms with Crippen LogP contribution in [0.1, 0.15) is 0 Å². The average molecular weight is 155 g/mol. The van der Waals surface area contributed by atoms with Crippen LogP contribution in [0.5, 0.6) is 0 Å². The topological polar surface area (TPSA) is 129 Å². The van der Waals surface area contributed by atoms with Gasteiger partial charge in [0.15, 0.2) is 0 Å². The third-order valence-electron chi connectivity index (χ3n) is 0.167. The zero-order chi connectivity index (χ0) is 7.86. The molecule has 0 saturated carbocycles. The molecule has 0 radical (unpaired) electrons. The van der Waals surface area contributed by atoms with Gasteiger partial charge in [-0.05, 0) is 6.16 Å². The second-order valence-electron chi connectivity index (χ2n) is 0.826. The zero-order valence-electron chi connectivity index (χ0n) is 7.33. The van der Waals surface area contributed by atoms with Gasteiger partial charge in [-0.2, -0.15) is 0 Å². The van der Waals surface area contributed by atoms with Crippen LogP contribution >= 0.6 is 0 Å². The van der Waals surface area contributed by atoms with Crippen LogP contribution in [-0.4, -0.2) is 18.7 Å². The molecule has 6 nitrogen and oxygen atoms in total. The summed E-state index contributed by atoms with van der Waals surface area (Å²) >= 11 is 0. The number of hydrogen-bond donors (Lipinski definition) is 1. The summed E-state index contributed by atoms with van der Waals surface area (Å²) in [6.07, 6.45) is -2.33. The van der Waals surface area contributed by atoms with Crippen LogP contribution in [0, 0.1) is 0 Å². The minimum Gasteiger partial charge on any atom is -0.652 e. The van der Waals surface area contributed by atoms with Crippen LogP contribution in [0.25, 0.3) is 0 Å². The number of rotatable bonds is 1. The molecular formula is C3H4Li3NO5. The van der Waals surface area contributed by atoms with Gasteiger partial charge in [-0.15, -0.1) is 0 Å². The molecule has 0 spiro atoms. The van der Waals surface area contributed by atoms with Gasteiger partial charge in [0.25, 0.3) is 0 Å². The molecule has 2 N–H and O–H groups in total. The van der Waals surface area contributed by atoms with Gasteiger partial charge in [0.1, 0.15) is 0 Å². The third-order valence-corrected chi connectivity index (χ3v) is 0.167. The largest absolute Gasteiger partial charge is 1.00 e. The monoisotopic (exact) mass is 155 g/mol. The van der Waals surface area contributed by atoms with Crippen molar-refractivity contribution in [1.82, 2.24) is 0 Å². The molecule has 0 aromatic heterocycles. The van der Waals surface area contributed by atoms with Crippen molar-refractivity contribution >= 4 is 12.1 Å². The first-order valence-electron chi connectivity index (χ1n) is 1.78. The SMILES string of the molecule is NCC(=O)[O-].O=C([O-])[O-].[Li+].[Li+].[Li+]. The van der Waals surface area contributed by atoms with Gasteiger partial charge < -0.3 is 30.6 Å². The van der Waals surface area contributed by atoms with Gasteiger partial charge in [-0.25, -0.2) is 0 Å². The van der Waals surface area contributed by atoms with E-state index in [0.717, 1.165) is 0 Å². The number of carboxylic acid groups (broad SMARTS) is 3. The Hall–Kier alpha value is 0.492. The van der Waals surface area contributed by atoms with Crippen molar-refractivity contribution in [2.45, 2.75) is 0 Å². The molecule has 0 aromatic carbocycles. The standard InChI is InChI=1S/C2H5NO2.CH2O3.3Li/c3-1-2(4)5;2-1(3)4;;;/h1,3H2,(H,4,5);(H2,2,3,4);;;/q;;3*+1/p-3. The smallest absolute Gasteiger partial charge is 0.652 e. The van der Waals surface area contributed by atoms with Crippen molar-refractivity contribution < 1.29 is 81.5 Å². The Bertz CT molecular complexity index is 106. The molecule has 9 heteroatoms. The van der Waals surface area contributed by atoms with Crippen LogP contribution in [-0.2, 0) is 4.79 Å². The molecule has 12 heavy (non-hydrogen) atoms. The van der Waals surface area contributed by atoms with Crippen molar-refractivity contribution in [2.75, 3.05) is 6.54 Å². The van der Waals surface area contributed by atoms with Crippen LogP contribution in [0.15, 0.2) is 0 Å². The maximum Gasteiger partial charge on any atom is 1.00 e. The average Bonchev–Trinajstić information content (AvgIpc) is 1.65. The minimum atomic E-state index is -2.33. The van der Waals surface area contributed by atoms with Crippen molar-refractivity contribution in [1.29, 1.82) is 0 Å². The van der Waals surface area contributed by atoms with E-state index in [1.165, 1.54) is 0 Å². The Morgan fingerprint density at radius 3 is 1.08 bits per heavy atom. The molecule has 0 aliphatic heterocycles. The molecule has 0 rings (SSSR count). The van der Waals surface area contributed by atoms with Gasteiger partial charge in [-0.1, -0.05) is 0 Å². The quantitative estimate of drug-likeness (QED) is 0.374. The Balaban J connectivity index is -0.0000000221. The molecule has 0 atom stereocenters. The Morgan fingerprint density at radius 2 is 1.08 bits per heavy atom. The van der Waals surface area contributed by atoms with E-state index in [0.29, 0.717) is 0 Å². The second kappa shape index (κ2) is 22.5. The van der Waals surface area contributed by atoms with Gasteiger partial charge in [0.2, 0.25) is 0 Å². The Morgan fingerprint density at radius 1 is 1.00 bits per heavy atom. The van der Waals surface area contributed by atoms with E-state index in [9.17, 15) is 0 Å². The number of carbonyl (C=O) groups is 2. The molecule has 0 saturated heterocycles. The number of nitrogens with two attached hydrogens (primary N) is 1. The number of hydrogen-bond acceptors (Lipinski definition) is 6. The Labute approximate surface area is 105 Å². The van der Waals surface area contributed by atoms with Gasteiger partial charge in [0.05, 0.1) is 5.97 Å². The van der Waals surface area contributed by atoms with E-state index in [1.54, 1.807) is 0 Å². The summed E-state index contributed by atoms with van der Waals surface area (Å²) in [4.78, 5) is 17.5. The zero-order valence-corrected chi connectivity index (χ0v) is 7.33. The molecule has 0 unspecified atom stereocenters. The molecule has 0 bridgehead atoms. The summed E-state index contributed by atoms with van der Waals surface area (Å²) < 4.78 is 0. The fraction of sp³-hybridized carbons (Fsp3) is 0.333. The van der Waals surface area contributed by atoms with E-state index >= 15 is 0 Å². The fourth-order valence-corrected chi connectivity index (χ4v) is 0. The summed E-state index contributed by atoms with van der Waals surface area (Å²) in [6.45, 7) is -0.389. The second-order valence-corrected chi connectivity index (χ2v) is 0.826. The van der Waals surface area contributed by atoms with E-state index < -0.39 is 12.1 Å². The third kappa shape index (κ3) is 152. The van der Waals surface area contributed by atoms with Crippen LogP contribution in [0.3, 0.4) is 0 Å². The summed E-state index contributed by atoms with van der Waals surface area (Å²) in [7, 11) is 0. The van der Waals surface area contributed by atoms with Gasteiger partial charge in [-0.3, -0.25) is 0 Å². The molecule has 0 aromatic rings. The van der Waals surface area contributed by atoms with Crippen LogP contribution < -0.4 is 77.6 Å². The van der Waals surface area contributed by atoms with Crippen LogP contribution in [0.4, 0.5) is 4.79 Å². The maximum absolute atomic E-state index is 9.13. The molecule has 54 valence electrons. The number of carbonyl (C=O) groups excluding carboxylic acids is 2. The molecule has 0 heterocycles. The molecule has 0 aliphatic carbocycles. The minimum absolute atomic E-state index is 0. The van der Waals surface area contributed by atoms with Crippen molar-refractivity contribution in [3.63, 3.8) is 0 Å². The normalized spacial score (nSPS) is 5.08. The van der Waals surface area contributed by atoms with E-state index in [2.05, 4.69) is 5.73 Å². The van der Waals surface area contributed by atoms with Gasteiger partial charge >= 0.3 is 56.6 Å². The number of carboxylic acids is 1. The van der Waals surface area contributed by atoms with Gasteiger partial charge in [0, 0.05) is 6.54 Å².